The third-order valence-electron chi connectivity index (χ3n) is 4.52. The number of aliphatic hydroxyl groups excluding tert-OH is 1. The minimum absolute atomic E-state index is 0.0597. The van der Waals surface area contributed by atoms with Crippen molar-refractivity contribution in [2.45, 2.75) is 37.2 Å². The van der Waals surface area contributed by atoms with Crippen LogP contribution in [-0.2, 0) is 6.42 Å². The number of aryl methyl sites for hydroxylation is 1. The van der Waals surface area contributed by atoms with Crippen molar-refractivity contribution in [3.05, 3.63) is 44.3 Å². The van der Waals surface area contributed by atoms with Crippen LogP contribution in [0.4, 0.5) is 0 Å². The Hall–Kier alpha value is -1.32. The number of hydrogen-bond donors (Lipinski definition) is 2. The second kappa shape index (κ2) is 8.37. The minimum atomic E-state index is -0.875. The third kappa shape index (κ3) is 4.65. The maximum atomic E-state index is 10.9. The summed E-state index contributed by atoms with van der Waals surface area (Å²) in [6.07, 6.45) is 2.74. The van der Waals surface area contributed by atoms with E-state index in [4.69, 9.17) is 16.7 Å². The second-order valence-electron chi connectivity index (χ2n) is 6.22. The van der Waals surface area contributed by atoms with Crippen molar-refractivity contribution in [3.8, 4) is 11.8 Å². The Bertz CT molecular complexity index is 772. The van der Waals surface area contributed by atoms with Crippen molar-refractivity contribution in [1.29, 1.82) is 0 Å². The van der Waals surface area contributed by atoms with Crippen molar-refractivity contribution in [1.82, 2.24) is 0 Å². The quantitative estimate of drug-likeness (QED) is 0.580. The van der Waals surface area contributed by atoms with Gasteiger partial charge >= 0.3 is 5.97 Å². The number of aliphatic hydroxyl groups is 1. The van der Waals surface area contributed by atoms with E-state index in [-0.39, 0.29) is 17.2 Å². The van der Waals surface area contributed by atoms with Gasteiger partial charge in [0.1, 0.15) is 4.88 Å². The molecule has 0 radical (unpaired) electrons. The highest BCUT2D eigenvalue weighted by atomic mass is 35.5. The summed E-state index contributed by atoms with van der Waals surface area (Å²) in [7, 11) is 0. The van der Waals surface area contributed by atoms with E-state index < -0.39 is 12.1 Å². The predicted molar refractivity (Wildman–Crippen MR) is 103 cm³/mol. The number of carboxylic acid groups (broad SMARTS) is 1. The molecule has 132 valence electrons. The van der Waals surface area contributed by atoms with Gasteiger partial charge in [0.05, 0.1) is 16.9 Å². The SMILES string of the molecule is O=C(O)c1ccc(CCCC2C(Cl)CC(O)C2C#Cc2cccs2)s1. The van der Waals surface area contributed by atoms with Crippen LogP contribution >= 0.6 is 34.3 Å². The molecule has 4 atom stereocenters. The molecule has 0 amide bonds. The fraction of sp³-hybridized carbons (Fsp3) is 0.421. The molecule has 1 fully saturated rings. The van der Waals surface area contributed by atoms with E-state index in [0.29, 0.717) is 11.3 Å². The molecular weight excluding hydrogens is 376 g/mol. The van der Waals surface area contributed by atoms with Crippen LogP contribution in [0, 0.1) is 23.7 Å². The Labute approximate surface area is 160 Å². The summed E-state index contributed by atoms with van der Waals surface area (Å²) in [5.41, 5.74) is 0. The highest BCUT2D eigenvalue weighted by molar-refractivity contribution is 7.13. The van der Waals surface area contributed by atoms with Crippen molar-refractivity contribution in [2.24, 2.45) is 11.8 Å². The molecule has 0 bridgehead atoms. The first-order valence-corrected chi connectivity index (χ1v) is 10.4. The van der Waals surface area contributed by atoms with E-state index in [0.717, 1.165) is 29.0 Å². The Kier molecular flexibility index (Phi) is 6.19. The van der Waals surface area contributed by atoms with Crippen molar-refractivity contribution in [2.75, 3.05) is 0 Å². The lowest BCUT2D eigenvalue weighted by molar-refractivity contribution is 0.0702. The van der Waals surface area contributed by atoms with Gasteiger partial charge in [0.2, 0.25) is 0 Å². The molecule has 0 spiro atoms. The van der Waals surface area contributed by atoms with Crippen molar-refractivity contribution >= 4 is 40.2 Å². The smallest absolute Gasteiger partial charge is 0.345 e. The molecule has 25 heavy (non-hydrogen) atoms. The zero-order valence-corrected chi connectivity index (χ0v) is 15.9. The molecule has 2 heterocycles. The molecule has 2 aromatic rings. The van der Waals surface area contributed by atoms with E-state index in [1.54, 1.807) is 17.4 Å². The molecule has 2 aromatic heterocycles. The number of thiophene rings is 2. The van der Waals surface area contributed by atoms with Crippen LogP contribution in [0.3, 0.4) is 0 Å². The fourth-order valence-electron chi connectivity index (χ4n) is 3.27. The van der Waals surface area contributed by atoms with E-state index in [2.05, 4.69) is 11.8 Å². The molecule has 0 aromatic carbocycles. The molecule has 2 N–H and O–H groups in total. The van der Waals surface area contributed by atoms with Gasteiger partial charge in [-0.3, -0.25) is 0 Å². The molecule has 0 aliphatic heterocycles. The number of alkyl halides is 1. The van der Waals surface area contributed by atoms with Gasteiger partial charge in [-0.05, 0) is 55.2 Å². The summed E-state index contributed by atoms with van der Waals surface area (Å²) in [4.78, 5) is 13.4. The highest BCUT2D eigenvalue weighted by Crippen LogP contribution is 2.39. The van der Waals surface area contributed by atoms with Gasteiger partial charge in [-0.15, -0.1) is 34.3 Å². The summed E-state index contributed by atoms with van der Waals surface area (Å²) < 4.78 is 0. The lowest BCUT2D eigenvalue weighted by atomic mass is 9.90. The molecule has 3 nitrogen and oxygen atoms in total. The van der Waals surface area contributed by atoms with Crippen molar-refractivity contribution in [3.63, 3.8) is 0 Å². The lowest BCUT2D eigenvalue weighted by Crippen LogP contribution is -2.19. The van der Waals surface area contributed by atoms with Gasteiger partial charge in [0, 0.05) is 10.3 Å². The molecule has 1 aliphatic carbocycles. The zero-order valence-electron chi connectivity index (χ0n) is 13.5. The molecule has 1 aliphatic rings. The van der Waals surface area contributed by atoms with Crippen LogP contribution in [0.2, 0.25) is 0 Å². The zero-order chi connectivity index (χ0) is 17.8. The predicted octanol–water partition coefficient (Wildman–Crippen LogP) is 4.49. The molecule has 3 rings (SSSR count). The second-order valence-corrected chi connectivity index (χ2v) is 8.90. The summed E-state index contributed by atoms with van der Waals surface area (Å²) >= 11 is 9.38. The van der Waals surface area contributed by atoms with Crippen LogP contribution in [0.15, 0.2) is 29.6 Å². The maximum Gasteiger partial charge on any atom is 0.345 e. The van der Waals surface area contributed by atoms with Crippen LogP contribution in [0.25, 0.3) is 0 Å². The van der Waals surface area contributed by atoms with Gasteiger partial charge in [-0.1, -0.05) is 17.9 Å². The summed E-state index contributed by atoms with van der Waals surface area (Å²) in [5.74, 6) is 5.59. The number of hydrogen-bond acceptors (Lipinski definition) is 4. The largest absolute Gasteiger partial charge is 0.477 e. The Balaban J connectivity index is 1.59. The number of aromatic carboxylic acids is 1. The highest BCUT2D eigenvalue weighted by Gasteiger charge is 2.40. The van der Waals surface area contributed by atoms with Crippen LogP contribution < -0.4 is 0 Å². The first-order valence-electron chi connectivity index (χ1n) is 8.24. The summed E-state index contributed by atoms with van der Waals surface area (Å²) in [6, 6.07) is 7.47. The molecule has 1 saturated carbocycles. The van der Waals surface area contributed by atoms with Crippen LogP contribution in [-0.4, -0.2) is 27.7 Å². The number of halogens is 1. The summed E-state index contributed by atoms with van der Waals surface area (Å²) in [5, 5.41) is 21.2. The van der Waals surface area contributed by atoms with Gasteiger partial charge in [-0.25, -0.2) is 4.79 Å². The van der Waals surface area contributed by atoms with Crippen LogP contribution in [0.1, 0.15) is 38.7 Å². The average molecular weight is 395 g/mol. The Morgan fingerprint density at radius 2 is 2.20 bits per heavy atom. The molecule has 0 saturated heterocycles. The molecule has 4 unspecified atom stereocenters. The maximum absolute atomic E-state index is 10.9. The Morgan fingerprint density at radius 1 is 1.36 bits per heavy atom. The number of rotatable bonds is 5. The molecular formula is C19H19ClO3S2. The monoisotopic (exact) mass is 394 g/mol. The van der Waals surface area contributed by atoms with Crippen molar-refractivity contribution < 1.29 is 15.0 Å². The van der Waals surface area contributed by atoms with Gasteiger partial charge in [0.25, 0.3) is 0 Å². The fourth-order valence-corrected chi connectivity index (χ4v) is 5.20. The number of carboxylic acids is 1. The first-order chi connectivity index (χ1) is 12.0. The van der Waals surface area contributed by atoms with Gasteiger partial charge < -0.3 is 10.2 Å². The third-order valence-corrected chi connectivity index (χ3v) is 6.94. The minimum Gasteiger partial charge on any atom is -0.477 e. The van der Waals surface area contributed by atoms with Gasteiger partial charge in [0.15, 0.2) is 0 Å². The van der Waals surface area contributed by atoms with E-state index in [9.17, 15) is 9.90 Å². The van der Waals surface area contributed by atoms with E-state index in [1.165, 1.54) is 11.3 Å². The summed E-state index contributed by atoms with van der Waals surface area (Å²) in [6.45, 7) is 0. The number of carbonyl (C=O) groups is 1. The van der Waals surface area contributed by atoms with Crippen LogP contribution in [0.5, 0.6) is 0 Å². The van der Waals surface area contributed by atoms with E-state index in [1.807, 2.05) is 23.6 Å². The first kappa shape index (κ1) is 18.5. The van der Waals surface area contributed by atoms with Gasteiger partial charge in [-0.2, -0.15) is 0 Å². The molecule has 6 heteroatoms. The Morgan fingerprint density at radius 3 is 2.88 bits per heavy atom. The topological polar surface area (TPSA) is 57.5 Å². The van der Waals surface area contributed by atoms with E-state index >= 15 is 0 Å². The standard InChI is InChI=1S/C19H19ClO3S2/c20-16-11-17(21)15(8-6-12-4-2-10-24-12)14(16)5-1-3-13-7-9-18(25-13)19(22)23/h2,4,7,9-10,14-17,21H,1,3,5,11H2,(H,22,23). The normalized spacial score (nSPS) is 25.5. The lowest BCUT2D eigenvalue weighted by Gasteiger charge is -2.18. The average Bonchev–Trinajstić information content (AvgIpc) is 3.28.